The van der Waals surface area contributed by atoms with Crippen LogP contribution in [0, 0.1) is 40.2 Å². The number of thiazole rings is 1. The highest BCUT2D eigenvalue weighted by atomic mass is 35.5. The lowest BCUT2D eigenvalue weighted by Crippen LogP contribution is -1.98. The first-order chi connectivity index (χ1) is 12.7. The third-order valence-corrected chi connectivity index (χ3v) is 5.93. The first-order valence-corrected chi connectivity index (χ1v) is 9.58. The standard InChI is InChI=1S/C19H14Cl2F2N2OS/c1-19(2)10(6-14(20)21)16(19)17(26)9(7-24)18-25-13(8-27-18)15-11(22)4-3-5-12(15)23/h3-6,8,10,16,26H,1-2H3. The van der Waals surface area contributed by atoms with E-state index in [0.717, 1.165) is 23.5 Å². The summed E-state index contributed by atoms with van der Waals surface area (Å²) in [7, 11) is 0. The van der Waals surface area contributed by atoms with Crippen LogP contribution in [0.1, 0.15) is 18.9 Å². The maximum absolute atomic E-state index is 14.0. The third-order valence-electron chi connectivity index (χ3n) is 4.82. The summed E-state index contributed by atoms with van der Waals surface area (Å²) in [5.41, 5.74) is -0.554. The first kappa shape index (κ1) is 19.8. The summed E-state index contributed by atoms with van der Waals surface area (Å²) < 4.78 is 28.0. The fraction of sp³-hybridized carbons (Fsp3) is 0.263. The first-order valence-electron chi connectivity index (χ1n) is 7.94. The number of aliphatic hydroxyl groups excluding tert-OH is 1. The second-order valence-corrected chi connectivity index (χ2v) is 8.65. The van der Waals surface area contributed by atoms with Crippen LogP contribution in [0.3, 0.4) is 0 Å². The van der Waals surface area contributed by atoms with E-state index in [4.69, 9.17) is 23.2 Å². The van der Waals surface area contributed by atoms with Gasteiger partial charge in [0.1, 0.15) is 38.5 Å². The van der Waals surface area contributed by atoms with E-state index in [1.807, 2.05) is 19.9 Å². The molecular formula is C19H14Cl2F2N2OS. The van der Waals surface area contributed by atoms with Crippen LogP contribution in [0.2, 0.25) is 0 Å². The second-order valence-electron chi connectivity index (χ2n) is 6.79. The van der Waals surface area contributed by atoms with Gasteiger partial charge in [0.25, 0.3) is 0 Å². The van der Waals surface area contributed by atoms with Crippen molar-refractivity contribution in [1.82, 2.24) is 4.98 Å². The van der Waals surface area contributed by atoms with Crippen molar-refractivity contribution in [2.75, 3.05) is 0 Å². The topological polar surface area (TPSA) is 56.9 Å². The Morgan fingerprint density at radius 2 is 1.96 bits per heavy atom. The van der Waals surface area contributed by atoms with Gasteiger partial charge in [-0.2, -0.15) is 5.26 Å². The van der Waals surface area contributed by atoms with Crippen LogP contribution in [0.25, 0.3) is 16.8 Å². The van der Waals surface area contributed by atoms with Gasteiger partial charge >= 0.3 is 0 Å². The van der Waals surface area contributed by atoms with E-state index in [-0.39, 0.29) is 49.3 Å². The molecule has 140 valence electrons. The number of allylic oxidation sites excluding steroid dienone is 3. The predicted molar refractivity (Wildman–Crippen MR) is 103 cm³/mol. The molecule has 0 saturated heterocycles. The smallest absolute Gasteiger partial charge is 0.138 e. The minimum Gasteiger partial charge on any atom is -0.510 e. The van der Waals surface area contributed by atoms with Crippen molar-refractivity contribution in [2.45, 2.75) is 13.8 Å². The van der Waals surface area contributed by atoms with Crippen molar-refractivity contribution in [2.24, 2.45) is 17.3 Å². The molecule has 0 bridgehead atoms. The lowest BCUT2D eigenvalue weighted by Gasteiger charge is -2.04. The Kier molecular flexibility index (Phi) is 5.31. The van der Waals surface area contributed by atoms with Gasteiger partial charge in [0, 0.05) is 11.3 Å². The average molecular weight is 427 g/mol. The molecule has 1 aromatic carbocycles. The van der Waals surface area contributed by atoms with E-state index in [9.17, 15) is 19.1 Å². The fourth-order valence-corrected chi connectivity index (χ4v) is 4.35. The van der Waals surface area contributed by atoms with Crippen LogP contribution >= 0.6 is 34.5 Å². The molecule has 2 unspecified atom stereocenters. The van der Waals surface area contributed by atoms with Crippen LogP contribution in [0.15, 0.2) is 39.9 Å². The molecule has 0 amide bonds. The fourth-order valence-electron chi connectivity index (χ4n) is 3.26. The summed E-state index contributed by atoms with van der Waals surface area (Å²) in [6.45, 7) is 3.84. The Morgan fingerprint density at radius 3 is 2.52 bits per heavy atom. The van der Waals surface area contributed by atoms with Crippen molar-refractivity contribution in [3.8, 4) is 17.3 Å². The molecule has 2 atom stereocenters. The molecule has 2 aromatic rings. The molecule has 3 nitrogen and oxygen atoms in total. The van der Waals surface area contributed by atoms with Gasteiger partial charge in [-0.25, -0.2) is 13.8 Å². The van der Waals surface area contributed by atoms with Crippen molar-refractivity contribution in [3.05, 3.63) is 56.5 Å². The van der Waals surface area contributed by atoms with E-state index in [0.29, 0.717) is 0 Å². The number of benzene rings is 1. The van der Waals surface area contributed by atoms with Crippen molar-refractivity contribution in [1.29, 1.82) is 5.26 Å². The zero-order chi connectivity index (χ0) is 19.9. The van der Waals surface area contributed by atoms with Gasteiger partial charge in [-0.05, 0) is 29.5 Å². The Labute approximate surface area is 169 Å². The molecular weight excluding hydrogens is 413 g/mol. The van der Waals surface area contributed by atoms with Gasteiger partial charge in [0.2, 0.25) is 0 Å². The summed E-state index contributed by atoms with van der Waals surface area (Å²) >= 11 is 12.5. The molecule has 1 aromatic heterocycles. The molecule has 3 rings (SSSR count). The zero-order valence-electron chi connectivity index (χ0n) is 14.3. The van der Waals surface area contributed by atoms with Crippen molar-refractivity contribution < 1.29 is 13.9 Å². The second kappa shape index (κ2) is 7.23. The minimum atomic E-state index is -0.746. The summed E-state index contributed by atoms with van der Waals surface area (Å²) in [5, 5.41) is 21.8. The molecule has 27 heavy (non-hydrogen) atoms. The molecule has 1 aliphatic rings. The van der Waals surface area contributed by atoms with E-state index in [1.165, 1.54) is 11.4 Å². The van der Waals surface area contributed by atoms with Crippen molar-refractivity contribution >= 4 is 40.1 Å². The third kappa shape index (κ3) is 3.60. The number of halogens is 4. The zero-order valence-corrected chi connectivity index (χ0v) is 16.6. The van der Waals surface area contributed by atoms with Crippen LogP contribution in [0.4, 0.5) is 8.78 Å². The number of hydrogen-bond acceptors (Lipinski definition) is 4. The monoisotopic (exact) mass is 426 g/mol. The van der Waals surface area contributed by atoms with Gasteiger partial charge in [0.05, 0.1) is 11.3 Å². The molecule has 1 heterocycles. The predicted octanol–water partition coefficient (Wildman–Crippen LogP) is 6.47. The summed E-state index contributed by atoms with van der Waals surface area (Å²) in [6.07, 6.45) is 1.63. The summed E-state index contributed by atoms with van der Waals surface area (Å²) in [6, 6.07) is 5.48. The van der Waals surface area contributed by atoms with Crippen molar-refractivity contribution in [3.63, 3.8) is 0 Å². The van der Waals surface area contributed by atoms with Gasteiger partial charge in [0.15, 0.2) is 0 Å². The molecule has 0 radical (unpaired) electrons. The summed E-state index contributed by atoms with van der Waals surface area (Å²) in [5.74, 6) is -2.10. The lowest BCUT2D eigenvalue weighted by molar-refractivity contribution is 0.360. The molecule has 1 saturated carbocycles. The molecule has 0 spiro atoms. The summed E-state index contributed by atoms with van der Waals surface area (Å²) in [4.78, 5) is 4.17. The number of hydrogen-bond donors (Lipinski definition) is 1. The lowest BCUT2D eigenvalue weighted by atomic mass is 10.1. The van der Waals surface area contributed by atoms with Crippen LogP contribution in [-0.4, -0.2) is 10.1 Å². The quantitative estimate of drug-likeness (QED) is 0.449. The Morgan fingerprint density at radius 1 is 1.33 bits per heavy atom. The Bertz CT molecular complexity index is 983. The number of aromatic nitrogens is 1. The van der Waals surface area contributed by atoms with E-state index in [1.54, 1.807) is 6.08 Å². The largest absolute Gasteiger partial charge is 0.510 e. The van der Waals surface area contributed by atoms with Gasteiger partial charge < -0.3 is 5.11 Å². The van der Waals surface area contributed by atoms with Crippen LogP contribution in [-0.2, 0) is 0 Å². The number of aliphatic hydroxyl groups is 1. The van der Waals surface area contributed by atoms with E-state index >= 15 is 0 Å². The Hall–Kier alpha value is -1.94. The molecule has 1 aliphatic carbocycles. The highest BCUT2D eigenvalue weighted by Crippen LogP contribution is 2.63. The SMILES string of the molecule is CC1(C)C(C=C(Cl)Cl)C1C(O)=C(C#N)c1nc(-c2c(F)cccc2F)cs1. The molecule has 8 heteroatoms. The van der Waals surface area contributed by atoms with Gasteiger partial charge in [-0.3, -0.25) is 0 Å². The number of nitrogens with zero attached hydrogens (tertiary/aromatic N) is 2. The normalized spacial score (nSPS) is 21.2. The number of nitriles is 1. The number of rotatable bonds is 4. The van der Waals surface area contributed by atoms with Gasteiger partial charge in [-0.1, -0.05) is 43.1 Å². The van der Waals surface area contributed by atoms with Gasteiger partial charge in [-0.15, -0.1) is 11.3 Å². The highest BCUT2D eigenvalue weighted by molar-refractivity contribution is 7.11. The maximum Gasteiger partial charge on any atom is 0.138 e. The van der Waals surface area contributed by atoms with Crippen LogP contribution < -0.4 is 0 Å². The molecule has 1 N–H and O–H groups in total. The Balaban J connectivity index is 2.01. The average Bonchev–Trinajstić information content (AvgIpc) is 2.92. The highest BCUT2D eigenvalue weighted by Gasteiger charge is 2.59. The molecule has 1 fully saturated rings. The molecule has 0 aliphatic heterocycles. The maximum atomic E-state index is 14.0. The van der Waals surface area contributed by atoms with E-state index < -0.39 is 11.6 Å². The van der Waals surface area contributed by atoms with Crippen LogP contribution in [0.5, 0.6) is 0 Å². The minimum absolute atomic E-state index is 0.0253. The van der Waals surface area contributed by atoms with E-state index in [2.05, 4.69) is 4.98 Å².